The van der Waals surface area contributed by atoms with Crippen LogP contribution in [0.5, 0.6) is 0 Å². The molecular formula is C11H16N2O6S. The molecule has 1 aliphatic rings. The van der Waals surface area contributed by atoms with Gasteiger partial charge in [0.05, 0.1) is 6.61 Å². The maximum atomic E-state index is 11.6. The number of aromatic nitrogens is 2. The van der Waals surface area contributed by atoms with E-state index in [0.29, 0.717) is 0 Å². The number of aliphatic hydroxyl groups excluding tert-OH is 4. The average molecular weight is 304 g/mol. The molecule has 1 saturated heterocycles. The highest BCUT2D eigenvalue weighted by Gasteiger charge is 2.43. The van der Waals surface area contributed by atoms with Crippen LogP contribution in [0.2, 0.25) is 0 Å². The topological polar surface area (TPSA) is 128 Å². The molecule has 0 spiro atoms. The Morgan fingerprint density at radius 3 is 2.60 bits per heavy atom. The SMILES string of the molecule is O=c1[nH]c(=S)n([C@@H]2O[C@H](CO)[C@@H](O)[C@@H]2O)cc1CCO. The zero-order valence-electron chi connectivity index (χ0n) is 10.5. The fourth-order valence-electron chi connectivity index (χ4n) is 2.12. The number of nitrogens with one attached hydrogen (secondary N) is 1. The Kier molecular flexibility index (Phi) is 4.68. The van der Waals surface area contributed by atoms with E-state index in [2.05, 4.69) is 4.98 Å². The van der Waals surface area contributed by atoms with Crippen molar-refractivity contribution in [1.82, 2.24) is 9.55 Å². The van der Waals surface area contributed by atoms with Gasteiger partial charge in [0.1, 0.15) is 18.3 Å². The van der Waals surface area contributed by atoms with E-state index in [1.54, 1.807) is 0 Å². The van der Waals surface area contributed by atoms with Gasteiger partial charge in [0.2, 0.25) is 0 Å². The highest BCUT2D eigenvalue weighted by atomic mass is 32.1. The van der Waals surface area contributed by atoms with Gasteiger partial charge in [-0.1, -0.05) is 0 Å². The van der Waals surface area contributed by atoms with Crippen LogP contribution in [-0.4, -0.2) is 61.5 Å². The Morgan fingerprint density at radius 1 is 1.35 bits per heavy atom. The van der Waals surface area contributed by atoms with Gasteiger partial charge in [-0.2, -0.15) is 0 Å². The molecule has 0 aliphatic carbocycles. The molecule has 20 heavy (non-hydrogen) atoms. The summed E-state index contributed by atoms with van der Waals surface area (Å²) in [6.07, 6.45) is -2.97. The molecule has 0 radical (unpaired) electrons. The first-order chi connectivity index (χ1) is 9.49. The highest BCUT2D eigenvalue weighted by Crippen LogP contribution is 2.29. The largest absolute Gasteiger partial charge is 0.396 e. The summed E-state index contributed by atoms with van der Waals surface area (Å²) in [6.45, 7) is -0.662. The molecule has 112 valence electrons. The number of ether oxygens (including phenoxy) is 1. The van der Waals surface area contributed by atoms with Gasteiger partial charge < -0.3 is 25.2 Å². The lowest BCUT2D eigenvalue weighted by Crippen LogP contribution is -2.33. The molecule has 1 aliphatic heterocycles. The molecular weight excluding hydrogens is 288 g/mol. The van der Waals surface area contributed by atoms with Crippen LogP contribution in [0, 0.1) is 4.77 Å². The monoisotopic (exact) mass is 304 g/mol. The van der Waals surface area contributed by atoms with Crippen LogP contribution in [-0.2, 0) is 11.2 Å². The molecule has 4 atom stereocenters. The number of hydrogen-bond acceptors (Lipinski definition) is 7. The van der Waals surface area contributed by atoms with E-state index in [4.69, 9.17) is 27.2 Å². The first-order valence-electron chi connectivity index (χ1n) is 6.07. The zero-order chi connectivity index (χ0) is 14.9. The van der Waals surface area contributed by atoms with Gasteiger partial charge in [-0.15, -0.1) is 0 Å². The molecule has 2 rings (SSSR count). The summed E-state index contributed by atoms with van der Waals surface area (Å²) in [4.78, 5) is 14.0. The summed E-state index contributed by atoms with van der Waals surface area (Å²) in [5, 5.41) is 37.6. The van der Waals surface area contributed by atoms with Crippen molar-refractivity contribution in [3.05, 3.63) is 26.9 Å². The number of hydrogen-bond donors (Lipinski definition) is 5. The summed E-state index contributed by atoms with van der Waals surface area (Å²) in [7, 11) is 0. The van der Waals surface area contributed by atoms with Crippen LogP contribution in [0.3, 0.4) is 0 Å². The number of aromatic amines is 1. The van der Waals surface area contributed by atoms with E-state index in [9.17, 15) is 15.0 Å². The van der Waals surface area contributed by atoms with Crippen LogP contribution in [0.4, 0.5) is 0 Å². The second-order valence-electron chi connectivity index (χ2n) is 4.52. The minimum atomic E-state index is -1.29. The Balaban J connectivity index is 2.40. The molecule has 0 saturated carbocycles. The van der Waals surface area contributed by atoms with Crippen LogP contribution < -0.4 is 5.56 Å². The first kappa shape index (κ1) is 15.3. The predicted octanol–water partition coefficient (Wildman–Crippen LogP) is -1.95. The fourth-order valence-corrected chi connectivity index (χ4v) is 2.37. The standard InChI is InChI=1S/C11H16N2O6S/c14-2-1-5-3-13(11(20)12-9(5)18)10-8(17)7(16)6(4-15)19-10/h3,6-8,10,14-17H,1-2,4H2,(H,12,18,20)/t6-,7-,8+,10-/m1/s1. The molecule has 1 aromatic rings. The van der Waals surface area contributed by atoms with Gasteiger partial charge in [-0.3, -0.25) is 14.3 Å². The van der Waals surface area contributed by atoms with E-state index in [-0.39, 0.29) is 23.4 Å². The van der Waals surface area contributed by atoms with Gasteiger partial charge in [0.25, 0.3) is 5.56 Å². The minimum Gasteiger partial charge on any atom is -0.396 e. The lowest BCUT2D eigenvalue weighted by Gasteiger charge is -2.19. The number of nitrogens with zero attached hydrogens (tertiary/aromatic N) is 1. The smallest absolute Gasteiger partial charge is 0.254 e. The lowest BCUT2D eigenvalue weighted by molar-refractivity contribution is -0.0542. The molecule has 1 aromatic heterocycles. The van der Waals surface area contributed by atoms with Crippen LogP contribution in [0.25, 0.3) is 0 Å². The van der Waals surface area contributed by atoms with Crippen molar-refractivity contribution in [3.8, 4) is 0 Å². The van der Waals surface area contributed by atoms with E-state index in [1.165, 1.54) is 10.8 Å². The Labute approximate surface area is 118 Å². The fraction of sp³-hybridized carbons (Fsp3) is 0.636. The van der Waals surface area contributed by atoms with E-state index < -0.39 is 36.7 Å². The highest BCUT2D eigenvalue weighted by molar-refractivity contribution is 7.71. The van der Waals surface area contributed by atoms with Crippen molar-refractivity contribution < 1.29 is 25.2 Å². The number of aliphatic hydroxyl groups is 4. The van der Waals surface area contributed by atoms with Crippen molar-refractivity contribution in [3.63, 3.8) is 0 Å². The minimum absolute atomic E-state index is 0.0199. The van der Waals surface area contributed by atoms with Crippen LogP contribution in [0.15, 0.2) is 11.0 Å². The van der Waals surface area contributed by atoms with Gasteiger partial charge in [0, 0.05) is 24.8 Å². The maximum Gasteiger partial charge on any atom is 0.254 e. The Bertz CT molecular complexity index is 585. The molecule has 5 N–H and O–H groups in total. The maximum absolute atomic E-state index is 11.6. The van der Waals surface area contributed by atoms with Crippen molar-refractivity contribution in [1.29, 1.82) is 0 Å². The Hall–Kier alpha value is -1.10. The molecule has 9 heteroatoms. The van der Waals surface area contributed by atoms with Crippen molar-refractivity contribution in [2.24, 2.45) is 0 Å². The molecule has 0 bridgehead atoms. The summed E-state index contributed by atoms with van der Waals surface area (Å²) in [5.74, 6) is 0. The van der Waals surface area contributed by atoms with Crippen molar-refractivity contribution in [2.45, 2.75) is 31.0 Å². The number of H-pyrrole nitrogens is 1. The molecule has 0 unspecified atom stereocenters. The van der Waals surface area contributed by atoms with Crippen molar-refractivity contribution >= 4 is 12.2 Å². The summed E-state index contributed by atoms with van der Waals surface area (Å²) in [5.41, 5.74) is -0.147. The molecule has 8 nitrogen and oxygen atoms in total. The molecule has 0 aromatic carbocycles. The summed E-state index contributed by atoms with van der Waals surface area (Å²) in [6, 6.07) is 0. The second-order valence-corrected chi connectivity index (χ2v) is 4.91. The van der Waals surface area contributed by atoms with E-state index >= 15 is 0 Å². The lowest BCUT2D eigenvalue weighted by atomic mass is 10.1. The van der Waals surface area contributed by atoms with Crippen LogP contribution >= 0.6 is 12.2 Å². The van der Waals surface area contributed by atoms with E-state index in [1.807, 2.05) is 0 Å². The molecule has 0 amide bonds. The van der Waals surface area contributed by atoms with E-state index in [0.717, 1.165) is 0 Å². The summed E-state index contributed by atoms with van der Waals surface area (Å²) < 4.78 is 6.65. The van der Waals surface area contributed by atoms with Crippen LogP contribution in [0.1, 0.15) is 11.8 Å². The number of rotatable bonds is 4. The quantitative estimate of drug-likeness (QED) is 0.409. The van der Waals surface area contributed by atoms with Gasteiger partial charge in [0.15, 0.2) is 11.0 Å². The second kappa shape index (κ2) is 6.12. The normalized spacial score (nSPS) is 29.8. The third-order valence-corrected chi connectivity index (χ3v) is 3.53. The zero-order valence-corrected chi connectivity index (χ0v) is 11.3. The predicted molar refractivity (Wildman–Crippen MR) is 69.7 cm³/mol. The third-order valence-electron chi connectivity index (χ3n) is 3.21. The van der Waals surface area contributed by atoms with Gasteiger partial charge >= 0.3 is 0 Å². The summed E-state index contributed by atoms with van der Waals surface area (Å²) >= 11 is 5.00. The molecule has 2 heterocycles. The van der Waals surface area contributed by atoms with Gasteiger partial charge in [-0.05, 0) is 12.2 Å². The third kappa shape index (κ3) is 2.68. The van der Waals surface area contributed by atoms with Crippen molar-refractivity contribution in [2.75, 3.05) is 13.2 Å². The molecule has 1 fully saturated rings. The Morgan fingerprint density at radius 2 is 2.05 bits per heavy atom. The van der Waals surface area contributed by atoms with Gasteiger partial charge in [-0.25, -0.2) is 0 Å². The first-order valence-corrected chi connectivity index (χ1v) is 6.48. The average Bonchev–Trinajstić information content (AvgIpc) is 2.70.